The highest BCUT2D eigenvalue weighted by Crippen LogP contribution is 2.43. The van der Waals surface area contributed by atoms with Crippen molar-refractivity contribution >= 4 is 37.2 Å². The van der Waals surface area contributed by atoms with Gasteiger partial charge in [-0.15, -0.1) is 11.3 Å². The fraction of sp³-hybridized carbons (Fsp3) is 0. The molecule has 5 rings (SSSR count). The molecule has 5 aromatic rings. The molecule has 1 aromatic heterocycles. The first-order chi connectivity index (χ1) is 13.7. The minimum atomic E-state index is -0.284. The number of rotatable bonds is 3. The maximum Gasteiger partial charge on any atom is 0.277 e. The zero-order valence-electron chi connectivity index (χ0n) is 14.8. The Labute approximate surface area is 165 Å². The van der Waals surface area contributed by atoms with Gasteiger partial charge in [0.2, 0.25) is 0 Å². The smallest absolute Gasteiger partial charge is 0.258 e. The summed E-state index contributed by atoms with van der Waals surface area (Å²) in [5, 5.41) is 14.2. The molecule has 0 saturated carbocycles. The lowest BCUT2D eigenvalue weighted by Gasteiger charge is -2.08. The molecule has 0 bridgehead atoms. The zero-order valence-corrected chi connectivity index (χ0v) is 15.6. The van der Waals surface area contributed by atoms with Crippen LogP contribution in [-0.4, -0.2) is 4.92 Å². The molecule has 134 valence electrons. The maximum absolute atomic E-state index is 11.9. The Hall–Kier alpha value is -3.50. The summed E-state index contributed by atoms with van der Waals surface area (Å²) < 4.78 is 2.27. The molecule has 0 fully saturated rings. The van der Waals surface area contributed by atoms with Gasteiger partial charge in [-0.05, 0) is 23.3 Å². The summed E-state index contributed by atoms with van der Waals surface area (Å²) in [5.41, 5.74) is 3.51. The Morgan fingerprint density at radius 1 is 0.679 bits per heavy atom. The summed E-state index contributed by atoms with van der Waals surface area (Å²) in [6, 6.07) is 29.5. The van der Waals surface area contributed by atoms with Gasteiger partial charge in [0.05, 0.1) is 10.5 Å². The van der Waals surface area contributed by atoms with Crippen LogP contribution in [0.15, 0.2) is 91.0 Å². The second-order valence-electron chi connectivity index (χ2n) is 6.64. The van der Waals surface area contributed by atoms with Crippen LogP contribution in [0.4, 0.5) is 5.69 Å². The van der Waals surface area contributed by atoms with E-state index in [1.165, 1.54) is 10.1 Å². The van der Waals surface area contributed by atoms with E-state index >= 15 is 0 Å². The Morgan fingerprint density at radius 2 is 1.43 bits per heavy atom. The molecule has 28 heavy (non-hydrogen) atoms. The number of thiophene rings is 1. The molecule has 0 aliphatic rings. The van der Waals surface area contributed by atoms with Crippen LogP contribution >= 0.6 is 11.3 Å². The van der Waals surface area contributed by atoms with E-state index in [0.29, 0.717) is 5.56 Å². The van der Waals surface area contributed by atoms with Crippen LogP contribution in [0.3, 0.4) is 0 Å². The van der Waals surface area contributed by atoms with Crippen molar-refractivity contribution in [2.24, 2.45) is 0 Å². The molecule has 0 aliphatic heterocycles. The number of nitrogens with zero attached hydrogens (tertiary/aromatic N) is 1. The van der Waals surface area contributed by atoms with Gasteiger partial charge in [-0.25, -0.2) is 0 Å². The van der Waals surface area contributed by atoms with Gasteiger partial charge >= 0.3 is 0 Å². The van der Waals surface area contributed by atoms with E-state index < -0.39 is 0 Å². The standard InChI is InChI=1S/C24H15NO2S/c26-25(27)22-15-17(16-7-2-1-3-8-16)13-14-18(22)20-10-6-11-21-19-9-4-5-12-23(19)28-24(20)21/h1-15H. The molecule has 0 unspecified atom stereocenters. The predicted octanol–water partition coefficient (Wildman–Crippen LogP) is 7.30. The van der Waals surface area contributed by atoms with Gasteiger partial charge in [0.15, 0.2) is 0 Å². The topological polar surface area (TPSA) is 43.1 Å². The quantitative estimate of drug-likeness (QED) is 0.243. The number of benzene rings is 4. The number of hydrogen-bond acceptors (Lipinski definition) is 3. The summed E-state index contributed by atoms with van der Waals surface area (Å²) in [7, 11) is 0. The van der Waals surface area contributed by atoms with Gasteiger partial charge in [0, 0.05) is 31.8 Å². The Kier molecular flexibility index (Phi) is 3.92. The average molecular weight is 381 g/mol. The van der Waals surface area contributed by atoms with E-state index in [0.717, 1.165) is 26.8 Å². The fourth-order valence-electron chi connectivity index (χ4n) is 3.68. The van der Waals surface area contributed by atoms with E-state index in [4.69, 9.17) is 0 Å². The van der Waals surface area contributed by atoms with Crippen molar-refractivity contribution < 1.29 is 4.92 Å². The fourth-order valence-corrected chi connectivity index (χ4v) is 4.91. The van der Waals surface area contributed by atoms with Crippen LogP contribution in [0.25, 0.3) is 42.4 Å². The van der Waals surface area contributed by atoms with E-state index in [-0.39, 0.29) is 10.6 Å². The lowest BCUT2D eigenvalue weighted by atomic mass is 9.97. The highest BCUT2D eigenvalue weighted by Gasteiger charge is 2.20. The van der Waals surface area contributed by atoms with E-state index in [9.17, 15) is 10.1 Å². The predicted molar refractivity (Wildman–Crippen MR) is 117 cm³/mol. The van der Waals surface area contributed by atoms with Crippen LogP contribution in [0.2, 0.25) is 0 Å². The minimum Gasteiger partial charge on any atom is -0.258 e. The minimum absolute atomic E-state index is 0.131. The molecule has 0 spiro atoms. The third-order valence-corrected chi connectivity index (χ3v) is 6.22. The second kappa shape index (κ2) is 6.59. The average Bonchev–Trinajstić information content (AvgIpc) is 3.13. The Balaban J connectivity index is 1.76. The molecular weight excluding hydrogens is 366 g/mol. The van der Waals surface area contributed by atoms with Crippen LogP contribution in [0, 0.1) is 10.1 Å². The number of nitro groups is 1. The van der Waals surface area contributed by atoms with Gasteiger partial charge in [0.1, 0.15) is 0 Å². The lowest BCUT2D eigenvalue weighted by molar-refractivity contribution is -0.384. The van der Waals surface area contributed by atoms with E-state index in [1.54, 1.807) is 17.4 Å². The van der Waals surface area contributed by atoms with Gasteiger partial charge in [0.25, 0.3) is 5.69 Å². The van der Waals surface area contributed by atoms with Crippen molar-refractivity contribution in [1.82, 2.24) is 0 Å². The van der Waals surface area contributed by atoms with Crippen molar-refractivity contribution in [2.45, 2.75) is 0 Å². The van der Waals surface area contributed by atoms with Gasteiger partial charge in [-0.3, -0.25) is 10.1 Å². The number of fused-ring (bicyclic) bond motifs is 3. The van der Waals surface area contributed by atoms with Crippen LogP contribution in [0.5, 0.6) is 0 Å². The first kappa shape index (κ1) is 16.7. The van der Waals surface area contributed by atoms with E-state index in [2.05, 4.69) is 18.2 Å². The molecule has 0 atom stereocenters. The number of nitro benzene ring substituents is 1. The molecule has 4 aromatic carbocycles. The summed E-state index contributed by atoms with van der Waals surface area (Å²) in [5.74, 6) is 0. The van der Waals surface area contributed by atoms with Gasteiger partial charge in [-0.1, -0.05) is 72.8 Å². The normalized spacial score (nSPS) is 11.1. The summed E-state index contributed by atoms with van der Waals surface area (Å²) in [6.07, 6.45) is 0. The molecule has 0 amide bonds. The third-order valence-electron chi connectivity index (χ3n) is 5.00. The van der Waals surface area contributed by atoms with E-state index in [1.807, 2.05) is 66.7 Å². The van der Waals surface area contributed by atoms with Crippen molar-refractivity contribution in [3.63, 3.8) is 0 Å². The highest BCUT2D eigenvalue weighted by molar-refractivity contribution is 7.26. The third kappa shape index (κ3) is 2.66. The molecule has 0 saturated heterocycles. The van der Waals surface area contributed by atoms with Crippen molar-refractivity contribution in [2.75, 3.05) is 0 Å². The van der Waals surface area contributed by atoms with Gasteiger partial charge in [-0.2, -0.15) is 0 Å². The molecule has 4 heteroatoms. The monoisotopic (exact) mass is 381 g/mol. The Morgan fingerprint density at radius 3 is 2.25 bits per heavy atom. The first-order valence-corrected chi connectivity index (χ1v) is 9.78. The first-order valence-electron chi connectivity index (χ1n) is 8.97. The van der Waals surface area contributed by atoms with Crippen LogP contribution < -0.4 is 0 Å². The molecule has 3 nitrogen and oxygen atoms in total. The molecule has 0 aliphatic carbocycles. The van der Waals surface area contributed by atoms with Crippen molar-refractivity contribution in [3.8, 4) is 22.3 Å². The van der Waals surface area contributed by atoms with Crippen LogP contribution in [0.1, 0.15) is 0 Å². The molecule has 0 radical (unpaired) electrons. The van der Waals surface area contributed by atoms with Crippen molar-refractivity contribution in [3.05, 3.63) is 101 Å². The SMILES string of the molecule is O=[N+]([O-])c1cc(-c2ccccc2)ccc1-c1cccc2c1sc1ccccc12. The van der Waals surface area contributed by atoms with Crippen LogP contribution in [-0.2, 0) is 0 Å². The Bertz CT molecular complexity index is 1340. The molecule has 0 N–H and O–H groups in total. The summed E-state index contributed by atoms with van der Waals surface area (Å²) in [6.45, 7) is 0. The lowest BCUT2D eigenvalue weighted by Crippen LogP contribution is -1.93. The highest BCUT2D eigenvalue weighted by atomic mass is 32.1. The second-order valence-corrected chi connectivity index (χ2v) is 7.69. The molecular formula is C24H15NO2S. The van der Waals surface area contributed by atoms with Gasteiger partial charge < -0.3 is 0 Å². The largest absolute Gasteiger partial charge is 0.277 e. The summed E-state index contributed by atoms with van der Waals surface area (Å²) >= 11 is 1.68. The zero-order chi connectivity index (χ0) is 19.1. The maximum atomic E-state index is 11.9. The van der Waals surface area contributed by atoms with Crippen molar-refractivity contribution in [1.29, 1.82) is 0 Å². The summed E-state index contributed by atoms with van der Waals surface area (Å²) in [4.78, 5) is 11.6. The number of hydrogen-bond donors (Lipinski definition) is 0. The molecule has 1 heterocycles.